The fraction of sp³-hybridized carbons (Fsp3) is 0.447. The lowest BCUT2D eigenvalue weighted by Gasteiger charge is -2.57. The minimum absolute atomic E-state index is 0.0334. The normalized spacial score (nSPS) is 23.1. The Labute approximate surface area is 276 Å². The Hall–Kier alpha value is -4.53. The first kappa shape index (κ1) is 32.4. The lowest BCUT2D eigenvalue weighted by Crippen LogP contribution is -2.54. The molecule has 7 rings (SSSR count). The Morgan fingerprint density at radius 1 is 0.809 bits per heavy atom. The van der Waals surface area contributed by atoms with Crippen molar-refractivity contribution in [3.63, 3.8) is 0 Å². The molecule has 248 valence electrons. The number of aliphatic carboxylic acids is 1. The fourth-order valence-corrected chi connectivity index (χ4v) is 8.36. The van der Waals surface area contributed by atoms with Crippen molar-refractivity contribution in [2.45, 2.75) is 64.0 Å². The summed E-state index contributed by atoms with van der Waals surface area (Å²) in [4.78, 5) is 37.9. The number of benzene rings is 3. The van der Waals surface area contributed by atoms with Crippen molar-refractivity contribution in [3.05, 3.63) is 77.9 Å². The van der Waals surface area contributed by atoms with Crippen molar-refractivity contribution in [2.24, 2.45) is 23.2 Å². The Morgan fingerprint density at radius 3 is 1.89 bits per heavy atom. The van der Waals surface area contributed by atoms with Gasteiger partial charge in [-0.25, -0.2) is 0 Å². The number of hydrogen-bond donors (Lipinski definition) is 3. The minimum atomic E-state index is -1.00. The second kappa shape index (κ2) is 14.1. The summed E-state index contributed by atoms with van der Waals surface area (Å²) in [6.45, 7) is 0.952. The molecule has 0 unspecified atom stereocenters. The number of amides is 2. The van der Waals surface area contributed by atoms with Crippen LogP contribution in [-0.2, 0) is 16.2 Å². The van der Waals surface area contributed by atoms with Crippen LogP contribution in [0.4, 0.5) is 0 Å². The van der Waals surface area contributed by atoms with Gasteiger partial charge in [0.05, 0.1) is 14.2 Å². The van der Waals surface area contributed by atoms with Gasteiger partial charge in [-0.1, -0.05) is 24.3 Å². The van der Waals surface area contributed by atoms with Crippen LogP contribution in [0.25, 0.3) is 11.1 Å². The van der Waals surface area contributed by atoms with Crippen molar-refractivity contribution in [1.82, 2.24) is 10.6 Å². The van der Waals surface area contributed by atoms with Gasteiger partial charge in [0, 0.05) is 24.6 Å². The molecule has 0 spiro atoms. The molecule has 0 aromatic heterocycles. The molecule has 4 fully saturated rings. The molecule has 0 saturated heterocycles. The van der Waals surface area contributed by atoms with Crippen LogP contribution >= 0.6 is 0 Å². The molecule has 1 atom stereocenters. The van der Waals surface area contributed by atoms with E-state index in [2.05, 4.69) is 10.6 Å². The lowest BCUT2D eigenvalue weighted by atomic mass is 9.49. The number of carbonyl (C=O) groups is 3. The smallest absolute Gasteiger partial charge is 0.303 e. The molecule has 4 bridgehead atoms. The topological polar surface area (TPSA) is 123 Å². The number of methoxy groups -OCH3 is 2. The molecule has 3 N–H and O–H groups in total. The first-order chi connectivity index (χ1) is 22.7. The van der Waals surface area contributed by atoms with E-state index in [0.717, 1.165) is 53.7 Å². The molecular formula is C38H44N2O7. The van der Waals surface area contributed by atoms with E-state index in [1.54, 1.807) is 26.4 Å². The van der Waals surface area contributed by atoms with Gasteiger partial charge < -0.3 is 30.0 Å². The van der Waals surface area contributed by atoms with Gasteiger partial charge in [-0.3, -0.25) is 14.4 Å². The second-order valence-electron chi connectivity index (χ2n) is 13.7. The van der Waals surface area contributed by atoms with Crippen molar-refractivity contribution < 1.29 is 33.7 Å². The predicted octanol–water partition coefficient (Wildman–Crippen LogP) is 6.25. The molecule has 0 aliphatic heterocycles. The number of carboxylic acid groups (broad SMARTS) is 1. The van der Waals surface area contributed by atoms with Gasteiger partial charge in [0.1, 0.15) is 29.9 Å². The molecule has 47 heavy (non-hydrogen) atoms. The molecule has 4 aliphatic rings. The Balaban J connectivity index is 1.04. The fourth-order valence-electron chi connectivity index (χ4n) is 8.36. The van der Waals surface area contributed by atoms with E-state index in [0.29, 0.717) is 36.0 Å². The van der Waals surface area contributed by atoms with Crippen LogP contribution in [0.3, 0.4) is 0 Å². The molecule has 0 radical (unpaired) electrons. The molecule has 3 aromatic carbocycles. The Bertz CT molecular complexity index is 1530. The number of ether oxygens (including phenoxy) is 3. The number of hydrogen-bond acceptors (Lipinski definition) is 6. The zero-order valence-corrected chi connectivity index (χ0v) is 27.1. The minimum Gasteiger partial charge on any atom is -0.497 e. The number of carboxylic acids is 1. The van der Waals surface area contributed by atoms with Crippen LogP contribution in [0, 0.1) is 23.2 Å². The molecule has 9 heteroatoms. The number of carbonyl (C=O) groups excluding carboxylic acids is 2. The summed E-state index contributed by atoms with van der Waals surface area (Å²) in [5, 5.41) is 15.2. The predicted molar refractivity (Wildman–Crippen MR) is 177 cm³/mol. The maximum absolute atomic E-state index is 13.3. The maximum Gasteiger partial charge on any atom is 0.303 e. The third kappa shape index (κ3) is 7.89. The van der Waals surface area contributed by atoms with Crippen LogP contribution in [0.15, 0.2) is 66.7 Å². The maximum atomic E-state index is 13.3. The molecule has 3 aromatic rings. The largest absolute Gasteiger partial charge is 0.497 e. The SMILES string of the molecule is COc1cc(COc2ccc(-c3ccc(C(=O)N[C@@H](CCC(=O)O)C(=O)NCC45CC6CC(CC(C6)C4)C5)cc3)cc2)cc(OC)c1. The molecular weight excluding hydrogens is 596 g/mol. The summed E-state index contributed by atoms with van der Waals surface area (Å²) in [6.07, 6.45) is 7.28. The van der Waals surface area contributed by atoms with Crippen molar-refractivity contribution >= 4 is 17.8 Å². The van der Waals surface area contributed by atoms with Crippen molar-refractivity contribution in [1.29, 1.82) is 0 Å². The molecule has 9 nitrogen and oxygen atoms in total. The highest BCUT2D eigenvalue weighted by molar-refractivity contribution is 5.98. The van der Waals surface area contributed by atoms with E-state index in [1.807, 2.05) is 54.6 Å². The third-order valence-electron chi connectivity index (χ3n) is 10.2. The van der Waals surface area contributed by atoms with E-state index in [-0.39, 0.29) is 24.2 Å². The standard InChI is InChI=1S/C38H44N2O7/c1-45-32-16-27(17-33(18-32)46-2)22-47-31-9-7-29(8-10-31)28-3-5-30(6-4-28)36(43)40-34(11-12-35(41)42)37(44)39-23-38-19-24-13-25(20-38)15-26(14-24)21-38/h3-10,16-18,24-26,34H,11-15,19-23H2,1-2H3,(H,39,44)(H,40,43)(H,41,42)/t24?,25?,26?,34-,38?/m0/s1. The Kier molecular flexibility index (Phi) is 9.71. The zero-order chi connectivity index (χ0) is 33.0. The van der Waals surface area contributed by atoms with Crippen LogP contribution in [0.1, 0.15) is 67.3 Å². The number of nitrogens with one attached hydrogen (secondary N) is 2. The van der Waals surface area contributed by atoms with Crippen LogP contribution in [0.5, 0.6) is 17.2 Å². The third-order valence-corrected chi connectivity index (χ3v) is 10.2. The molecule has 0 heterocycles. The zero-order valence-electron chi connectivity index (χ0n) is 27.1. The van der Waals surface area contributed by atoms with Gasteiger partial charge in [-0.15, -0.1) is 0 Å². The highest BCUT2D eigenvalue weighted by Gasteiger charge is 2.50. The van der Waals surface area contributed by atoms with Crippen LogP contribution in [-0.4, -0.2) is 49.7 Å². The van der Waals surface area contributed by atoms with Crippen LogP contribution < -0.4 is 24.8 Å². The summed E-state index contributed by atoms with van der Waals surface area (Å²) >= 11 is 0. The van der Waals surface area contributed by atoms with Crippen molar-refractivity contribution in [2.75, 3.05) is 20.8 Å². The Morgan fingerprint density at radius 2 is 1.36 bits per heavy atom. The molecule has 2 amide bonds. The summed E-state index contributed by atoms with van der Waals surface area (Å²) in [5.41, 5.74) is 3.34. The highest BCUT2D eigenvalue weighted by Crippen LogP contribution is 2.59. The van der Waals surface area contributed by atoms with Gasteiger partial charge >= 0.3 is 5.97 Å². The monoisotopic (exact) mass is 640 g/mol. The van der Waals surface area contributed by atoms with E-state index in [9.17, 15) is 19.5 Å². The van der Waals surface area contributed by atoms with Gasteiger partial charge in [-0.2, -0.15) is 0 Å². The second-order valence-corrected chi connectivity index (χ2v) is 13.7. The first-order valence-electron chi connectivity index (χ1n) is 16.6. The summed E-state index contributed by atoms with van der Waals surface area (Å²) < 4.78 is 16.6. The van der Waals surface area contributed by atoms with Gasteiger partial charge in [0.15, 0.2) is 0 Å². The van der Waals surface area contributed by atoms with Crippen LogP contribution in [0.2, 0.25) is 0 Å². The summed E-state index contributed by atoms with van der Waals surface area (Å²) in [6, 6.07) is 19.5. The quantitative estimate of drug-likeness (QED) is 0.191. The van der Waals surface area contributed by atoms with Gasteiger partial charge in [0.25, 0.3) is 5.91 Å². The molecule has 4 saturated carbocycles. The average molecular weight is 641 g/mol. The number of rotatable bonds is 14. The first-order valence-corrected chi connectivity index (χ1v) is 16.6. The van der Waals surface area contributed by atoms with Gasteiger partial charge in [-0.05, 0) is 121 Å². The average Bonchev–Trinajstić information content (AvgIpc) is 3.07. The van der Waals surface area contributed by atoms with E-state index in [1.165, 1.54) is 19.3 Å². The molecule has 4 aliphatic carbocycles. The summed E-state index contributed by atoms with van der Waals surface area (Å²) in [5.74, 6) is 2.69. The lowest BCUT2D eigenvalue weighted by molar-refractivity contribution is -0.137. The van der Waals surface area contributed by atoms with E-state index >= 15 is 0 Å². The van der Waals surface area contributed by atoms with E-state index < -0.39 is 17.9 Å². The summed E-state index contributed by atoms with van der Waals surface area (Å²) in [7, 11) is 3.22. The van der Waals surface area contributed by atoms with Crippen molar-refractivity contribution in [3.8, 4) is 28.4 Å². The highest BCUT2D eigenvalue weighted by atomic mass is 16.5. The van der Waals surface area contributed by atoms with E-state index in [4.69, 9.17) is 14.2 Å². The van der Waals surface area contributed by atoms with Gasteiger partial charge in [0.2, 0.25) is 5.91 Å².